The molecule has 2 aromatic heterocycles. The average molecular weight is 162 g/mol. The second-order valence-corrected chi connectivity index (χ2v) is 2.37. The Bertz CT molecular complexity index is 401. The third-order valence-corrected chi connectivity index (χ3v) is 1.56. The van der Waals surface area contributed by atoms with Crippen molar-refractivity contribution in [2.75, 3.05) is 0 Å². The summed E-state index contributed by atoms with van der Waals surface area (Å²) in [7, 11) is 0. The Labute approximate surface area is 67.8 Å². The lowest BCUT2D eigenvalue weighted by Crippen LogP contribution is -2.09. The highest BCUT2D eigenvalue weighted by atomic mass is 16.1. The Morgan fingerprint density at radius 1 is 1.58 bits per heavy atom. The zero-order valence-corrected chi connectivity index (χ0v) is 6.14. The van der Waals surface area contributed by atoms with Crippen LogP contribution < -0.4 is 5.73 Å². The maximum Gasteiger partial charge on any atom is 0.250 e. The molecule has 2 heterocycles. The van der Waals surface area contributed by atoms with Gasteiger partial charge in [-0.1, -0.05) is 0 Å². The molecule has 0 radical (unpaired) electrons. The van der Waals surface area contributed by atoms with E-state index in [1.54, 1.807) is 23.0 Å². The summed E-state index contributed by atoms with van der Waals surface area (Å²) in [6.07, 6.45) is 4.58. The fourth-order valence-corrected chi connectivity index (χ4v) is 0.995. The molecule has 0 unspecified atom stereocenters. The summed E-state index contributed by atoms with van der Waals surface area (Å²) >= 11 is 0. The number of carbonyl (C=O) groups excluding carboxylic acids is 1. The van der Waals surface area contributed by atoms with Crippen molar-refractivity contribution in [3.05, 3.63) is 30.4 Å². The van der Waals surface area contributed by atoms with Crippen molar-refractivity contribution in [2.45, 2.75) is 0 Å². The summed E-state index contributed by atoms with van der Waals surface area (Å²) < 4.78 is 1.55. The van der Waals surface area contributed by atoms with Crippen LogP contribution in [0, 0.1) is 0 Å². The largest absolute Gasteiger partial charge is 0.366 e. The van der Waals surface area contributed by atoms with E-state index < -0.39 is 5.91 Å². The van der Waals surface area contributed by atoms with Gasteiger partial charge in [0.2, 0.25) is 5.91 Å². The van der Waals surface area contributed by atoms with Crippen molar-refractivity contribution < 1.29 is 4.79 Å². The summed E-state index contributed by atoms with van der Waals surface area (Å²) in [5.41, 5.74) is 6.27. The lowest BCUT2D eigenvalue weighted by Gasteiger charge is -1.86. The van der Waals surface area contributed by atoms with Crippen LogP contribution in [0.2, 0.25) is 0 Å². The van der Waals surface area contributed by atoms with Gasteiger partial charge in [0.1, 0.15) is 6.33 Å². The highest BCUT2D eigenvalue weighted by molar-refractivity contribution is 5.94. The molecular weight excluding hydrogens is 156 g/mol. The summed E-state index contributed by atoms with van der Waals surface area (Å²) in [6.45, 7) is 0. The molecule has 12 heavy (non-hydrogen) atoms. The van der Waals surface area contributed by atoms with E-state index in [1.807, 2.05) is 0 Å². The number of rotatable bonds is 1. The van der Waals surface area contributed by atoms with Crippen molar-refractivity contribution in [2.24, 2.45) is 5.73 Å². The molecule has 0 spiro atoms. The number of fused-ring (bicyclic) bond motifs is 1. The van der Waals surface area contributed by atoms with Crippen LogP contribution in [0.4, 0.5) is 0 Å². The molecule has 2 aromatic rings. The first kappa shape index (κ1) is 6.78. The Balaban J connectivity index is 2.70. The number of primary amides is 1. The number of amides is 1. The minimum absolute atomic E-state index is 0.440. The number of hydrogen-bond donors (Lipinski definition) is 1. The van der Waals surface area contributed by atoms with Crippen LogP contribution in [0.1, 0.15) is 10.4 Å². The van der Waals surface area contributed by atoms with E-state index in [9.17, 15) is 4.79 Å². The van der Waals surface area contributed by atoms with Crippen LogP contribution in [0.3, 0.4) is 0 Å². The van der Waals surface area contributed by atoms with Crippen molar-refractivity contribution in [1.82, 2.24) is 14.6 Å². The van der Waals surface area contributed by atoms with Crippen LogP contribution in [0.5, 0.6) is 0 Å². The number of nitrogens with two attached hydrogens (primary N) is 1. The number of nitrogens with zero attached hydrogens (tertiary/aromatic N) is 3. The van der Waals surface area contributed by atoms with E-state index in [0.717, 1.165) is 5.52 Å². The van der Waals surface area contributed by atoms with Crippen molar-refractivity contribution in [1.29, 1.82) is 0 Å². The van der Waals surface area contributed by atoms with Gasteiger partial charge >= 0.3 is 0 Å². The van der Waals surface area contributed by atoms with Gasteiger partial charge in [-0.05, 0) is 6.07 Å². The third-order valence-electron chi connectivity index (χ3n) is 1.56. The van der Waals surface area contributed by atoms with Crippen molar-refractivity contribution in [3.63, 3.8) is 0 Å². The lowest BCUT2D eigenvalue weighted by atomic mass is 10.3. The van der Waals surface area contributed by atoms with Gasteiger partial charge in [0.15, 0.2) is 0 Å². The minimum Gasteiger partial charge on any atom is -0.366 e. The van der Waals surface area contributed by atoms with Gasteiger partial charge in [0.05, 0.1) is 17.3 Å². The van der Waals surface area contributed by atoms with Gasteiger partial charge < -0.3 is 5.73 Å². The van der Waals surface area contributed by atoms with E-state index in [1.165, 1.54) is 6.33 Å². The van der Waals surface area contributed by atoms with Crippen LogP contribution in [-0.4, -0.2) is 20.5 Å². The molecule has 0 atom stereocenters. The monoisotopic (exact) mass is 162 g/mol. The smallest absolute Gasteiger partial charge is 0.250 e. The standard InChI is InChI=1S/C7H6N4O/c8-7(12)5-1-6-2-9-4-10-11(6)3-5/h1-4H,(H2,8,12). The van der Waals surface area contributed by atoms with Gasteiger partial charge in [0.25, 0.3) is 0 Å². The van der Waals surface area contributed by atoms with Gasteiger partial charge in [-0.15, -0.1) is 0 Å². The summed E-state index contributed by atoms with van der Waals surface area (Å²) in [5.74, 6) is -0.458. The second kappa shape index (κ2) is 2.30. The zero-order chi connectivity index (χ0) is 8.55. The molecule has 5 heteroatoms. The fraction of sp³-hybridized carbons (Fsp3) is 0. The maximum atomic E-state index is 10.7. The first-order valence-corrected chi connectivity index (χ1v) is 3.35. The molecule has 60 valence electrons. The molecule has 2 rings (SSSR count). The Kier molecular flexibility index (Phi) is 1.30. The van der Waals surface area contributed by atoms with Crippen molar-refractivity contribution >= 4 is 11.4 Å². The second-order valence-electron chi connectivity index (χ2n) is 2.37. The van der Waals surface area contributed by atoms with Crippen molar-refractivity contribution in [3.8, 4) is 0 Å². The molecule has 2 N–H and O–H groups in total. The van der Waals surface area contributed by atoms with E-state index >= 15 is 0 Å². The maximum absolute atomic E-state index is 10.7. The number of carbonyl (C=O) groups is 1. The molecule has 0 saturated carbocycles. The van der Waals surface area contributed by atoms with E-state index in [2.05, 4.69) is 10.1 Å². The highest BCUT2D eigenvalue weighted by Crippen LogP contribution is 2.05. The topological polar surface area (TPSA) is 73.3 Å². The third kappa shape index (κ3) is 0.914. The molecule has 0 aliphatic rings. The number of hydrogen-bond acceptors (Lipinski definition) is 3. The first-order chi connectivity index (χ1) is 5.77. The predicted molar refractivity (Wildman–Crippen MR) is 41.5 cm³/mol. The molecule has 0 saturated heterocycles. The van der Waals surface area contributed by atoms with E-state index in [-0.39, 0.29) is 0 Å². The van der Waals surface area contributed by atoms with Gasteiger partial charge in [-0.3, -0.25) is 4.79 Å². The SMILES string of the molecule is NC(=O)c1cc2cncnn2c1. The Morgan fingerprint density at radius 3 is 3.08 bits per heavy atom. The molecule has 0 fully saturated rings. The van der Waals surface area contributed by atoms with Crippen LogP contribution in [0.25, 0.3) is 5.52 Å². The molecule has 5 nitrogen and oxygen atoms in total. The van der Waals surface area contributed by atoms with Crippen LogP contribution in [-0.2, 0) is 0 Å². The average Bonchev–Trinajstić information content (AvgIpc) is 2.46. The summed E-state index contributed by atoms with van der Waals surface area (Å²) in [6, 6.07) is 1.64. The molecule has 0 aliphatic carbocycles. The van der Waals surface area contributed by atoms with E-state index in [4.69, 9.17) is 5.73 Å². The van der Waals surface area contributed by atoms with Gasteiger partial charge in [0, 0.05) is 6.20 Å². The molecule has 1 amide bonds. The molecule has 0 aromatic carbocycles. The van der Waals surface area contributed by atoms with Gasteiger partial charge in [-0.2, -0.15) is 5.10 Å². The van der Waals surface area contributed by atoms with E-state index in [0.29, 0.717) is 5.56 Å². The van der Waals surface area contributed by atoms with Crippen LogP contribution >= 0.6 is 0 Å². The Hall–Kier alpha value is -1.91. The lowest BCUT2D eigenvalue weighted by molar-refractivity contribution is 0.100. The molecule has 0 aliphatic heterocycles. The van der Waals surface area contributed by atoms with Crippen LogP contribution in [0.15, 0.2) is 24.8 Å². The highest BCUT2D eigenvalue weighted by Gasteiger charge is 2.03. The predicted octanol–water partition coefficient (Wildman–Crippen LogP) is -0.172. The quantitative estimate of drug-likeness (QED) is 0.632. The summed E-state index contributed by atoms with van der Waals surface area (Å²) in [4.78, 5) is 14.5. The summed E-state index contributed by atoms with van der Waals surface area (Å²) in [5, 5.41) is 3.88. The number of aromatic nitrogens is 3. The normalized spacial score (nSPS) is 10.3. The first-order valence-electron chi connectivity index (χ1n) is 3.35. The fourth-order valence-electron chi connectivity index (χ4n) is 0.995. The van der Waals surface area contributed by atoms with Gasteiger partial charge in [-0.25, -0.2) is 9.50 Å². The molecular formula is C7H6N4O. The minimum atomic E-state index is -0.458. The molecule has 0 bridgehead atoms. The Morgan fingerprint density at radius 2 is 2.42 bits per heavy atom. The zero-order valence-electron chi connectivity index (χ0n) is 6.14.